The van der Waals surface area contributed by atoms with Crippen LogP contribution in [0.3, 0.4) is 0 Å². The zero-order valence-corrected chi connectivity index (χ0v) is 15.6. The van der Waals surface area contributed by atoms with Gasteiger partial charge in [-0.05, 0) is 49.7 Å². The van der Waals surface area contributed by atoms with Crippen LogP contribution in [0.15, 0.2) is 30.3 Å². The lowest BCUT2D eigenvalue weighted by Gasteiger charge is -2.25. The maximum absolute atomic E-state index is 12.0. The quantitative estimate of drug-likeness (QED) is 0.655. The molecule has 1 aromatic heterocycles. The summed E-state index contributed by atoms with van der Waals surface area (Å²) in [5, 5.41) is 4.63. The first kappa shape index (κ1) is 16.9. The minimum Gasteiger partial charge on any atom is -0.465 e. The van der Waals surface area contributed by atoms with Crippen LogP contribution in [0, 0.1) is 0 Å². The number of ether oxygens (including phenoxy) is 1. The van der Waals surface area contributed by atoms with Crippen molar-refractivity contribution in [2.24, 2.45) is 0 Å². The molecule has 2 aromatic rings. The van der Waals surface area contributed by atoms with Crippen LogP contribution in [0.5, 0.6) is 0 Å². The number of aryl methyl sites for hydroxylation is 1. The molecular formula is C18H20N2O2S2. The highest BCUT2D eigenvalue weighted by molar-refractivity contribution is 7.80. The molecule has 1 aliphatic heterocycles. The van der Waals surface area contributed by atoms with Crippen LogP contribution in [0.25, 0.3) is 0 Å². The van der Waals surface area contributed by atoms with E-state index in [9.17, 15) is 4.79 Å². The summed E-state index contributed by atoms with van der Waals surface area (Å²) in [6.07, 6.45) is 1.83. The lowest BCUT2D eigenvalue weighted by Crippen LogP contribution is -2.38. The van der Waals surface area contributed by atoms with E-state index in [0.717, 1.165) is 28.4 Å². The van der Waals surface area contributed by atoms with Gasteiger partial charge in [0, 0.05) is 16.6 Å². The summed E-state index contributed by atoms with van der Waals surface area (Å²) in [6, 6.07) is 10.5. The van der Waals surface area contributed by atoms with Crippen molar-refractivity contribution < 1.29 is 9.53 Å². The van der Waals surface area contributed by atoms with Crippen molar-refractivity contribution in [3.63, 3.8) is 0 Å². The highest BCUT2D eigenvalue weighted by atomic mass is 32.1. The Balaban J connectivity index is 1.88. The summed E-state index contributed by atoms with van der Waals surface area (Å²) in [4.78, 5) is 15.3. The molecule has 0 saturated carbocycles. The lowest BCUT2D eigenvalue weighted by molar-refractivity contribution is 0.0602. The number of thiophene rings is 1. The van der Waals surface area contributed by atoms with Gasteiger partial charge >= 0.3 is 5.97 Å². The standard InChI is InChI=1S/C18H20N2O2S2/c1-4-13-10-14(17(21)22-3)16(24-13)19-18(23)20-11(2)9-12-7-5-6-8-15(12)20/h5-8,10-11H,4,9H2,1-3H3,(H,19,23). The highest BCUT2D eigenvalue weighted by Gasteiger charge is 2.29. The molecule has 1 aliphatic rings. The number of hydrogen-bond donors (Lipinski definition) is 1. The Bertz CT molecular complexity index is 785. The third-order valence-corrected chi connectivity index (χ3v) is 5.68. The van der Waals surface area contributed by atoms with E-state index in [2.05, 4.69) is 36.2 Å². The maximum Gasteiger partial charge on any atom is 0.340 e. The molecule has 0 radical (unpaired) electrons. The summed E-state index contributed by atoms with van der Waals surface area (Å²) < 4.78 is 4.89. The summed E-state index contributed by atoms with van der Waals surface area (Å²) >= 11 is 7.19. The molecule has 1 aromatic carbocycles. The number of rotatable bonds is 3. The van der Waals surface area contributed by atoms with E-state index in [1.165, 1.54) is 12.7 Å². The largest absolute Gasteiger partial charge is 0.465 e. The number of hydrogen-bond acceptors (Lipinski definition) is 4. The number of carbonyl (C=O) groups excluding carboxylic acids is 1. The van der Waals surface area contributed by atoms with Crippen molar-refractivity contribution in [2.45, 2.75) is 32.7 Å². The molecule has 0 amide bonds. The molecule has 6 heteroatoms. The Hall–Kier alpha value is -1.92. The van der Waals surface area contributed by atoms with Crippen molar-refractivity contribution in [3.05, 3.63) is 46.3 Å². The third-order valence-electron chi connectivity index (χ3n) is 4.18. The number of esters is 1. The zero-order chi connectivity index (χ0) is 17.3. The van der Waals surface area contributed by atoms with Gasteiger partial charge in [-0.1, -0.05) is 25.1 Å². The monoisotopic (exact) mass is 360 g/mol. The Morgan fingerprint density at radius 1 is 1.46 bits per heavy atom. The smallest absolute Gasteiger partial charge is 0.340 e. The first-order chi connectivity index (χ1) is 11.5. The second-order valence-electron chi connectivity index (χ2n) is 5.78. The average Bonchev–Trinajstić information content (AvgIpc) is 3.13. The number of fused-ring (bicyclic) bond motifs is 1. The van der Waals surface area contributed by atoms with Crippen LogP contribution in [-0.4, -0.2) is 24.2 Å². The second-order valence-corrected chi connectivity index (χ2v) is 7.31. The summed E-state index contributed by atoms with van der Waals surface area (Å²) in [5.41, 5.74) is 2.97. The number of anilines is 2. The van der Waals surface area contributed by atoms with Gasteiger partial charge in [0.1, 0.15) is 5.00 Å². The Morgan fingerprint density at radius 3 is 2.92 bits per heavy atom. The van der Waals surface area contributed by atoms with Crippen LogP contribution in [-0.2, 0) is 17.6 Å². The van der Waals surface area contributed by atoms with Crippen LogP contribution < -0.4 is 10.2 Å². The molecule has 24 heavy (non-hydrogen) atoms. The molecule has 3 rings (SSSR count). The Labute approximate surface area is 151 Å². The van der Waals surface area contributed by atoms with Crippen LogP contribution in [0.2, 0.25) is 0 Å². The van der Waals surface area contributed by atoms with Gasteiger partial charge in [-0.15, -0.1) is 11.3 Å². The molecule has 2 heterocycles. The van der Waals surface area contributed by atoms with E-state index in [0.29, 0.717) is 10.7 Å². The Kier molecular flexibility index (Phi) is 4.87. The first-order valence-electron chi connectivity index (χ1n) is 7.94. The fourth-order valence-corrected chi connectivity index (χ4v) is 4.43. The van der Waals surface area contributed by atoms with Gasteiger partial charge in [0.25, 0.3) is 0 Å². The molecular weight excluding hydrogens is 340 g/mol. The van der Waals surface area contributed by atoms with Crippen LogP contribution in [0.4, 0.5) is 10.7 Å². The molecule has 4 nitrogen and oxygen atoms in total. The molecule has 1 N–H and O–H groups in total. The van der Waals surface area contributed by atoms with Gasteiger partial charge in [0.2, 0.25) is 0 Å². The number of para-hydroxylation sites is 1. The van der Waals surface area contributed by atoms with Gasteiger partial charge in [-0.3, -0.25) is 0 Å². The molecule has 1 atom stereocenters. The maximum atomic E-state index is 12.0. The highest BCUT2D eigenvalue weighted by Crippen LogP contribution is 2.34. The van der Waals surface area contributed by atoms with E-state index >= 15 is 0 Å². The van der Waals surface area contributed by atoms with Gasteiger partial charge in [0.05, 0.1) is 12.7 Å². The summed E-state index contributed by atoms with van der Waals surface area (Å²) in [5.74, 6) is -0.342. The van der Waals surface area contributed by atoms with Crippen LogP contribution in [0.1, 0.15) is 34.6 Å². The zero-order valence-electron chi connectivity index (χ0n) is 14.0. The fourth-order valence-electron chi connectivity index (χ4n) is 3.00. The number of nitrogens with one attached hydrogen (secondary N) is 1. The van der Waals surface area contributed by atoms with Crippen molar-refractivity contribution in [1.29, 1.82) is 0 Å². The van der Waals surface area contributed by atoms with Gasteiger partial charge in [0.15, 0.2) is 5.11 Å². The van der Waals surface area contributed by atoms with Crippen molar-refractivity contribution in [2.75, 3.05) is 17.3 Å². The van der Waals surface area contributed by atoms with Gasteiger partial charge in [-0.2, -0.15) is 0 Å². The molecule has 0 saturated heterocycles. The van der Waals surface area contributed by atoms with Crippen molar-refractivity contribution in [1.82, 2.24) is 0 Å². The first-order valence-corrected chi connectivity index (χ1v) is 9.16. The predicted molar refractivity (Wildman–Crippen MR) is 103 cm³/mol. The normalized spacial score (nSPS) is 16.0. The van der Waals surface area contributed by atoms with E-state index < -0.39 is 0 Å². The Morgan fingerprint density at radius 2 is 2.21 bits per heavy atom. The SMILES string of the molecule is CCc1cc(C(=O)OC)c(NC(=S)N2c3ccccc3CC2C)s1. The number of benzene rings is 1. The van der Waals surface area contributed by atoms with Crippen molar-refractivity contribution >= 4 is 45.3 Å². The summed E-state index contributed by atoms with van der Waals surface area (Å²) in [6.45, 7) is 4.22. The average molecular weight is 361 g/mol. The number of thiocarbonyl (C=S) groups is 1. The topological polar surface area (TPSA) is 41.6 Å². The lowest BCUT2D eigenvalue weighted by atomic mass is 10.1. The van der Waals surface area contributed by atoms with E-state index in [4.69, 9.17) is 17.0 Å². The van der Waals surface area contributed by atoms with Crippen molar-refractivity contribution in [3.8, 4) is 0 Å². The molecule has 126 valence electrons. The molecule has 0 aliphatic carbocycles. The number of nitrogens with zero attached hydrogens (tertiary/aromatic N) is 1. The summed E-state index contributed by atoms with van der Waals surface area (Å²) in [7, 11) is 1.40. The second kappa shape index (κ2) is 6.91. The molecule has 0 spiro atoms. The minimum absolute atomic E-state index is 0.287. The molecule has 1 unspecified atom stereocenters. The van der Waals surface area contributed by atoms with E-state index in [1.54, 1.807) is 11.3 Å². The van der Waals surface area contributed by atoms with Gasteiger partial charge < -0.3 is 15.0 Å². The third kappa shape index (κ3) is 3.03. The van der Waals surface area contributed by atoms with E-state index in [-0.39, 0.29) is 12.0 Å². The molecule has 0 bridgehead atoms. The predicted octanol–water partition coefficient (Wildman–Crippen LogP) is 4.25. The minimum atomic E-state index is -0.342. The van der Waals surface area contributed by atoms with Crippen LogP contribution >= 0.6 is 23.6 Å². The van der Waals surface area contributed by atoms with E-state index in [1.807, 2.05) is 18.2 Å². The number of methoxy groups -OCH3 is 1. The number of carbonyl (C=O) groups is 1. The molecule has 0 fully saturated rings. The fraction of sp³-hybridized carbons (Fsp3) is 0.333. The van der Waals surface area contributed by atoms with Gasteiger partial charge in [-0.25, -0.2) is 4.79 Å².